The quantitative estimate of drug-likeness (QED) is 0.156. The minimum Gasteiger partial charge on any atom is -0.446 e. The molecule has 0 aliphatic carbocycles. The van der Waals surface area contributed by atoms with Crippen LogP contribution in [0.4, 0.5) is 20.7 Å². The molecule has 0 N–H and O–H groups in total. The molecule has 0 unspecified atom stereocenters. The highest BCUT2D eigenvalue weighted by Gasteiger charge is 2.41. The maximum absolute atomic E-state index is 13.4. The van der Waals surface area contributed by atoms with E-state index in [1.54, 1.807) is 24.3 Å². The molecule has 0 saturated carbocycles. The lowest BCUT2D eigenvalue weighted by atomic mass is 10.1. The highest BCUT2D eigenvalue weighted by Crippen LogP contribution is 2.27. The molecule has 9 nitrogen and oxygen atoms in total. The van der Waals surface area contributed by atoms with Crippen LogP contribution in [0.25, 0.3) is 6.08 Å². The van der Waals surface area contributed by atoms with E-state index >= 15 is 0 Å². The normalized spacial score (nSPS) is 12.9. The molecule has 6 rings (SSSR count). The number of aromatic nitrogens is 4. The number of hydrogen-bond acceptors (Lipinski definition) is 7. The van der Waals surface area contributed by atoms with Crippen LogP contribution in [0.15, 0.2) is 77.8 Å². The number of nitrogens with zero attached hydrogens (tertiary/aromatic N) is 6. The average molecular weight is 908 g/mol. The smallest absolute Gasteiger partial charge is 0.416 e. The second kappa shape index (κ2) is 22.0. The zero-order valence-electron chi connectivity index (χ0n) is 32.0. The molecule has 15 heteroatoms. The van der Waals surface area contributed by atoms with Gasteiger partial charge in [-0.2, -0.15) is 0 Å². The molecule has 2 amide bonds. The van der Waals surface area contributed by atoms with Crippen molar-refractivity contribution in [1.29, 1.82) is 0 Å². The predicted octanol–water partition coefficient (Wildman–Crippen LogP) is 11.8. The highest BCUT2D eigenvalue weighted by atomic mass is 79.9. The third-order valence-corrected chi connectivity index (χ3v) is 9.22. The number of rotatable bonds is 6. The fourth-order valence-electron chi connectivity index (χ4n) is 5.21. The number of cyclic esters (lactones) is 1. The number of pyridine rings is 4. The molecule has 56 heavy (non-hydrogen) atoms. The Morgan fingerprint density at radius 3 is 1.89 bits per heavy atom. The van der Waals surface area contributed by atoms with Gasteiger partial charge in [-0.1, -0.05) is 88.8 Å². The van der Waals surface area contributed by atoms with Crippen molar-refractivity contribution in [2.75, 3.05) is 23.5 Å². The summed E-state index contributed by atoms with van der Waals surface area (Å²) in [5.41, 5.74) is 7.25. The number of amides is 2. The largest absolute Gasteiger partial charge is 0.446 e. The standard InChI is InChI=1S/C19H19ClFN3O3.C8H10ClN.C8H8ClN.C6H5BrClN/c1-4-12-7-11(2)22-17(8-12)24-16(10-27-19(24)26)18(25)23(3)13-5-6-15(21)14(20)9-13;2*1-3-7-4-6(2)10-8(9)5-7;1-4-2-5(7)3-6(8)9-4/h5-9,16H,4,10H2,1-3H3;4-5H,3H2,1-2H3;3-5H,1H2,2H3;2-3H,1H3/t16-;;;/m0.../s1. The maximum atomic E-state index is 13.4. The van der Waals surface area contributed by atoms with E-state index in [-0.39, 0.29) is 17.5 Å². The van der Waals surface area contributed by atoms with Gasteiger partial charge in [-0.05, 0) is 124 Å². The topological polar surface area (TPSA) is 101 Å². The van der Waals surface area contributed by atoms with Crippen LogP contribution in [0, 0.1) is 33.5 Å². The lowest BCUT2D eigenvalue weighted by Crippen LogP contribution is -2.47. The minimum absolute atomic E-state index is 0.0873. The Hall–Kier alpha value is -4.13. The first-order valence-electron chi connectivity index (χ1n) is 17.3. The van der Waals surface area contributed by atoms with E-state index < -0.39 is 18.0 Å². The van der Waals surface area contributed by atoms with Gasteiger partial charge in [0.15, 0.2) is 6.04 Å². The first-order chi connectivity index (χ1) is 26.4. The van der Waals surface area contributed by atoms with Crippen LogP contribution in [-0.2, 0) is 22.4 Å². The zero-order valence-corrected chi connectivity index (χ0v) is 36.6. The molecule has 5 heterocycles. The SMILES string of the molecule is C=Cc1cc(C)nc(Cl)c1.CCc1cc(C)nc(Cl)c1.CCc1cc(C)nc(N2C(=O)OC[C@H]2C(=O)N(C)c2ccc(F)c(Cl)c2)c1.Cc1cc(Br)cc(Cl)n1. The predicted molar refractivity (Wildman–Crippen MR) is 230 cm³/mol. The summed E-state index contributed by atoms with van der Waals surface area (Å²) in [6, 6.07) is 18.1. The van der Waals surface area contributed by atoms with Crippen molar-refractivity contribution in [2.24, 2.45) is 0 Å². The molecule has 1 aliphatic heterocycles. The Labute approximate surface area is 356 Å². The Balaban J connectivity index is 0.000000236. The van der Waals surface area contributed by atoms with E-state index in [2.05, 4.69) is 49.4 Å². The lowest BCUT2D eigenvalue weighted by Gasteiger charge is -2.25. The number of carbonyl (C=O) groups excluding carboxylic acids is 2. The fraction of sp³-hybridized carbons (Fsp3) is 0.268. The van der Waals surface area contributed by atoms with Crippen molar-refractivity contribution in [2.45, 2.75) is 60.4 Å². The third-order valence-electron chi connectivity index (χ3n) is 7.89. The van der Waals surface area contributed by atoms with Gasteiger partial charge in [0.1, 0.15) is 33.7 Å². The summed E-state index contributed by atoms with van der Waals surface area (Å²) < 4.78 is 19.5. The number of carbonyl (C=O) groups is 2. The van der Waals surface area contributed by atoms with Gasteiger partial charge in [-0.25, -0.2) is 34.0 Å². The molecule has 0 radical (unpaired) electrons. The maximum Gasteiger partial charge on any atom is 0.416 e. The van der Waals surface area contributed by atoms with E-state index in [4.69, 9.17) is 51.1 Å². The minimum atomic E-state index is -0.870. The van der Waals surface area contributed by atoms with E-state index in [9.17, 15) is 14.0 Å². The number of likely N-dealkylation sites (N-methyl/N-ethyl adjacent to an activating group) is 1. The average Bonchev–Trinajstić information content (AvgIpc) is 3.52. The molecule has 0 spiro atoms. The molecule has 1 fully saturated rings. The molecular weight excluding hydrogens is 865 g/mol. The Morgan fingerprint density at radius 2 is 1.38 bits per heavy atom. The molecule has 1 saturated heterocycles. The number of benzene rings is 1. The molecule has 1 aromatic carbocycles. The highest BCUT2D eigenvalue weighted by molar-refractivity contribution is 9.10. The summed E-state index contributed by atoms with van der Waals surface area (Å²) in [7, 11) is 1.54. The van der Waals surface area contributed by atoms with Gasteiger partial charge < -0.3 is 9.64 Å². The molecule has 1 aliphatic rings. The first-order valence-corrected chi connectivity index (χ1v) is 19.6. The van der Waals surface area contributed by atoms with Gasteiger partial charge in [0.25, 0.3) is 5.91 Å². The Kier molecular flexibility index (Phi) is 18.2. The number of aryl methyl sites for hydroxylation is 6. The number of anilines is 2. The Morgan fingerprint density at radius 1 is 0.839 bits per heavy atom. The second-order valence-corrected chi connectivity index (χ2v) is 14.9. The van der Waals surface area contributed by atoms with Crippen molar-refractivity contribution < 1.29 is 18.7 Å². The van der Waals surface area contributed by atoms with Crippen LogP contribution in [0.5, 0.6) is 0 Å². The summed E-state index contributed by atoms with van der Waals surface area (Å²) in [4.78, 5) is 44.3. The van der Waals surface area contributed by atoms with Crippen molar-refractivity contribution in [3.8, 4) is 0 Å². The summed E-state index contributed by atoms with van der Waals surface area (Å²) in [6.07, 6.45) is 2.91. The van der Waals surface area contributed by atoms with Crippen LogP contribution < -0.4 is 9.80 Å². The van der Waals surface area contributed by atoms with Crippen molar-refractivity contribution in [3.05, 3.63) is 144 Å². The number of halogens is 6. The first kappa shape index (κ1) is 46.3. The molecule has 1 atom stereocenters. The number of hydrogen-bond donors (Lipinski definition) is 0. The number of ether oxygens (including phenoxy) is 1. The van der Waals surface area contributed by atoms with Gasteiger partial charge in [-0.3, -0.25) is 4.79 Å². The summed E-state index contributed by atoms with van der Waals surface area (Å²) in [6.45, 7) is 15.2. The van der Waals surface area contributed by atoms with Gasteiger partial charge in [-0.15, -0.1) is 0 Å². The molecule has 4 aromatic heterocycles. The van der Waals surface area contributed by atoms with E-state index in [0.717, 1.165) is 51.2 Å². The van der Waals surface area contributed by atoms with Crippen molar-refractivity contribution in [3.63, 3.8) is 0 Å². The molecular formula is C41H42BrCl4FN6O3. The second-order valence-electron chi connectivity index (χ2n) is 12.4. The van der Waals surface area contributed by atoms with Crippen LogP contribution in [-0.4, -0.2) is 51.6 Å². The Bertz CT molecular complexity index is 2090. The van der Waals surface area contributed by atoms with Crippen LogP contribution in [0.3, 0.4) is 0 Å². The molecule has 296 valence electrons. The van der Waals surface area contributed by atoms with E-state index in [1.165, 1.54) is 40.6 Å². The van der Waals surface area contributed by atoms with Crippen LogP contribution >= 0.6 is 62.3 Å². The molecule has 5 aromatic rings. The lowest BCUT2D eigenvalue weighted by molar-refractivity contribution is -0.119. The summed E-state index contributed by atoms with van der Waals surface area (Å²) in [5.74, 6) is -0.582. The van der Waals surface area contributed by atoms with Crippen molar-refractivity contribution >= 4 is 91.9 Å². The van der Waals surface area contributed by atoms with Crippen LogP contribution in [0.2, 0.25) is 20.5 Å². The third kappa shape index (κ3) is 14.1. The summed E-state index contributed by atoms with van der Waals surface area (Å²) >= 11 is 26.1. The van der Waals surface area contributed by atoms with Gasteiger partial charge in [0.2, 0.25) is 0 Å². The van der Waals surface area contributed by atoms with E-state index in [1.807, 2.05) is 65.0 Å². The monoisotopic (exact) mass is 904 g/mol. The van der Waals surface area contributed by atoms with Gasteiger partial charge in [0, 0.05) is 40.0 Å². The zero-order chi connectivity index (χ0) is 41.7. The van der Waals surface area contributed by atoms with E-state index in [0.29, 0.717) is 27.0 Å². The summed E-state index contributed by atoms with van der Waals surface area (Å²) in [5, 5.41) is 1.56. The van der Waals surface area contributed by atoms with Gasteiger partial charge >= 0.3 is 6.09 Å². The fourth-order valence-corrected chi connectivity index (χ4v) is 6.85. The molecule has 0 bridgehead atoms. The van der Waals surface area contributed by atoms with Crippen LogP contribution in [0.1, 0.15) is 53.3 Å². The van der Waals surface area contributed by atoms with Crippen molar-refractivity contribution in [1.82, 2.24) is 19.9 Å². The van der Waals surface area contributed by atoms with Gasteiger partial charge in [0.05, 0.1) is 5.02 Å².